The van der Waals surface area contributed by atoms with Crippen LogP contribution in [0.5, 0.6) is 11.5 Å². The molecule has 2 rings (SSSR count). The van der Waals surface area contributed by atoms with Crippen LogP contribution in [-0.2, 0) is 4.74 Å². The van der Waals surface area contributed by atoms with Gasteiger partial charge in [0.05, 0.1) is 6.20 Å². The van der Waals surface area contributed by atoms with Gasteiger partial charge in [0.2, 0.25) is 5.95 Å². The third-order valence-electron chi connectivity index (χ3n) is 2.63. The van der Waals surface area contributed by atoms with E-state index >= 15 is 0 Å². The molecule has 0 spiro atoms. The molecule has 0 atom stereocenters. The van der Waals surface area contributed by atoms with Gasteiger partial charge in [0.25, 0.3) is 0 Å². The Balaban J connectivity index is 2.08. The maximum absolute atomic E-state index is 5.84. The molecule has 6 nitrogen and oxygen atoms in total. The number of hydrogen-bond donors (Lipinski definition) is 2. The van der Waals surface area contributed by atoms with Crippen LogP contribution in [0.4, 0.5) is 11.8 Å². The maximum Gasteiger partial charge on any atom is 0.222 e. The van der Waals surface area contributed by atoms with E-state index < -0.39 is 0 Å². The Hall–Kier alpha value is -2.05. The highest BCUT2D eigenvalue weighted by atomic mass is 35.5. The third-order valence-corrected chi connectivity index (χ3v) is 2.88. The number of nitrogens with one attached hydrogen (secondary N) is 1. The van der Waals surface area contributed by atoms with Gasteiger partial charge in [-0.15, -0.1) is 0 Å². The Morgan fingerprint density at radius 1 is 1.29 bits per heavy atom. The van der Waals surface area contributed by atoms with Crippen molar-refractivity contribution >= 4 is 23.4 Å². The number of nitrogens with zero attached hydrogens (tertiary/aromatic N) is 2. The molecule has 7 heteroatoms. The number of aromatic nitrogens is 2. The summed E-state index contributed by atoms with van der Waals surface area (Å²) in [5.41, 5.74) is 5.61. The average Bonchev–Trinajstić information content (AvgIpc) is 2.48. The fourth-order valence-electron chi connectivity index (χ4n) is 1.64. The molecule has 112 valence electrons. The zero-order valence-corrected chi connectivity index (χ0v) is 12.4. The summed E-state index contributed by atoms with van der Waals surface area (Å²) in [5.74, 6) is 1.89. The smallest absolute Gasteiger partial charge is 0.222 e. The van der Waals surface area contributed by atoms with Gasteiger partial charge in [0, 0.05) is 25.3 Å². The first-order valence-corrected chi connectivity index (χ1v) is 6.85. The maximum atomic E-state index is 5.84. The molecule has 0 saturated carbocycles. The normalized spacial score (nSPS) is 10.4. The van der Waals surface area contributed by atoms with E-state index in [1.807, 2.05) is 0 Å². The molecule has 0 saturated heterocycles. The predicted octanol–water partition coefficient (Wildman–Crippen LogP) is 2.95. The second-order valence-electron chi connectivity index (χ2n) is 4.27. The van der Waals surface area contributed by atoms with E-state index in [-0.39, 0.29) is 5.95 Å². The molecule has 0 aliphatic rings. The number of halogens is 1. The number of rotatable bonds is 7. The minimum absolute atomic E-state index is 0.188. The summed E-state index contributed by atoms with van der Waals surface area (Å²) >= 11 is 5.84. The summed E-state index contributed by atoms with van der Waals surface area (Å²) in [4.78, 5) is 8.10. The molecule has 21 heavy (non-hydrogen) atoms. The fraction of sp³-hybridized carbons (Fsp3) is 0.286. The zero-order valence-electron chi connectivity index (χ0n) is 11.7. The van der Waals surface area contributed by atoms with E-state index in [9.17, 15) is 0 Å². The lowest BCUT2D eigenvalue weighted by molar-refractivity contribution is 0.197. The van der Waals surface area contributed by atoms with Crippen molar-refractivity contribution in [1.29, 1.82) is 0 Å². The molecule has 1 aromatic carbocycles. The molecule has 1 aromatic heterocycles. The molecule has 0 amide bonds. The van der Waals surface area contributed by atoms with Crippen LogP contribution < -0.4 is 15.8 Å². The topological polar surface area (TPSA) is 82.3 Å². The highest BCUT2D eigenvalue weighted by Gasteiger charge is 2.08. The van der Waals surface area contributed by atoms with E-state index in [4.69, 9.17) is 26.8 Å². The van der Waals surface area contributed by atoms with Crippen molar-refractivity contribution in [2.45, 2.75) is 6.42 Å². The molecule has 0 radical (unpaired) electrons. The minimum Gasteiger partial charge on any atom is -0.452 e. The zero-order chi connectivity index (χ0) is 15.1. The largest absolute Gasteiger partial charge is 0.452 e. The van der Waals surface area contributed by atoms with Gasteiger partial charge in [0.1, 0.15) is 5.75 Å². The van der Waals surface area contributed by atoms with Crippen molar-refractivity contribution in [3.63, 3.8) is 0 Å². The lowest BCUT2D eigenvalue weighted by Gasteiger charge is -2.12. The van der Waals surface area contributed by atoms with Crippen LogP contribution in [0.1, 0.15) is 6.42 Å². The van der Waals surface area contributed by atoms with E-state index in [2.05, 4.69) is 15.3 Å². The predicted molar refractivity (Wildman–Crippen MR) is 83.0 cm³/mol. The Morgan fingerprint density at radius 3 is 2.76 bits per heavy atom. The average molecular weight is 309 g/mol. The first kappa shape index (κ1) is 15.3. The number of benzene rings is 1. The molecular formula is C14H17ClN4O2. The molecule has 2 aromatic rings. The molecule has 0 bridgehead atoms. The summed E-state index contributed by atoms with van der Waals surface area (Å²) in [6.07, 6.45) is 2.39. The van der Waals surface area contributed by atoms with E-state index in [1.54, 1.807) is 31.4 Å². The lowest BCUT2D eigenvalue weighted by atomic mass is 10.3. The van der Waals surface area contributed by atoms with Gasteiger partial charge in [0.15, 0.2) is 11.6 Å². The number of methoxy groups -OCH3 is 1. The Labute approximate surface area is 128 Å². The minimum atomic E-state index is 0.188. The van der Waals surface area contributed by atoms with Gasteiger partial charge in [-0.1, -0.05) is 11.6 Å². The second kappa shape index (κ2) is 7.66. The Morgan fingerprint density at radius 2 is 2.05 bits per heavy atom. The lowest BCUT2D eigenvalue weighted by Crippen LogP contribution is -2.09. The number of hydrogen-bond acceptors (Lipinski definition) is 6. The van der Waals surface area contributed by atoms with E-state index in [1.165, 1.54) is 6.20 Å². The SMILES string of the molecule is COCCCNc1nc(N)ncc1Oc1ccc(Cl)cc1. The van der Waals surface area contributed by atoms with Crippen molar-refractivity contribution in [3.05, 3.63) is 35.5 Å². The summed E-state index contributed by atoms with van der Waals surface area (Å²) < 4.78 is 10.7. The van der Waals surface area contributed by atoms with Gasteiger partial charge in [-0.3, -0.25) is 0 Å². The highest BCUT2D eigenvalue weighted by Crippen LogP contribution is 2.28. The van der Waals surface area contributed by atoms with Crippen molar-refractivity contribution in [1.82, 2.24) is 9.97 Å². The van der Waals surface area contributed by atoms with Crippen molar-refractivity contribution < 1.29 is 9.47 Å². The summed E-state index contributed by atoms with van der Waals surface area (Å²) in [5, 5.41) is 3.81. The third kappa shape index (κ3) is 4.77. The first-order chi connectivity index (χ1) is 10.2. The monoisotopic (exact) mass is 308 g/mol. The number of ether oxygens (including phenoxy) is 2. The summed E-state index contributed by atoms with van der Waals surface area (Å²) in [6.45, 7) is 1.36. The molecule has 0 fully saturated rings. The molecule has 0 aliphatic heterocycles. The van der Waals surface area contributed by atoms with Crippen LogP contribution in [0.3, 0.4) is 0 Å². The van der Waals surface area contributed by atoms with Crippen LogP contribution in [0.25, 0.3) is 0 Å². The van der Waals surface area contributed by atoms with Crippen LogP contribution in [-0.4, -0.2) is 30.2 Å². The Bertz CT molecular complexity index is 578. The molecule has 3 N–H and O–H groups in total. The summed E-state index contributed by atoms with van der Waals surface area (Å²) in [7, 11) is 1.66. The van der Waals surface area contributed by atoms with Gasteiger partial charge < -0.3 is 20.5 Å². The number of anilines is 2. The van der Waals surface area contributed by atoms with Crippen LogP contribution in [0, 0.1) is 0 Å². The van der Waals surface area contributed by atoms with Crippen molar-refractivity contribution in [2.75, 3.05) is 31.3 Å². The highest BCUT2D eigenvalue weighted by molar-refractivity contribution is 6.30. The van der Waals surface area contributed by atoms with Crippen LogP contribution in [0.15, 0.2) is 30.5 Å². The van der Waals surface area contributed by atoms with Gasteiger partial charge in [-0.05, 0) is 30.7 Å². The van der Waals surface area contributed by atoms with Crippen molar-refractivity contribution in [3.8, 4) is 11.5 Å². The van der Waals surface area contributed by atoms with Crippen molar-refractivity contribution in [2.24, 2.45) is 0 Å². The number of nitrogens with two attached hydrogens (primary N) is 1. The molecule has 0 aliphatic carbocycles. The van der Waals surface area contributed by atoms with Gasteiger partial charge in [-0.2, -0.15) is 4.98 Å². The molecular weight excluding hydrogens is 292 g/mol. The quantitative estimate of drug-likeness (QED) is 0.765. The number of nitrogen functional groups attached to an aromatic ring is 1. The fourth-order valence-corrected chi connectivity index (χ4v) is 1.76. The van der Waals surface area contributed by atoms with E-state index in [0.717, 1.165) is 6.42 Å². The van der Waals surface area contributed by atoms with Gasteiger partial charge in [-0.25, -0.2) is 4.98 Å². The Kier molecular flexibility index (Phi) is 5.59. The summed E-state index contributed by atoms with van der Waals surface area (Å²) in [6, 6.07) is 7.04. The molecule has 0 unspecified atom stereocenters. The standard InChI is InChI=1S/C14H17ClN4O2/c1-20-8-2-7-17-13-12(9-18-14(16)19-13)21-11-5-3-10(15)4-6-11/h3-6,9H,2,7-8H2,1H3,(H3,16,17,18,19). The van der Waals surface area contributed by atoms with Crippen LogP contribution in [0.2, 0.25) is 5.02 Å². The van der Waals surface area contributed by atoms with Gasteiger partial charge >= 0.3 is 0 Å². The van der Waals surface area contributed by atoms with E-state index in [0.29, 0.717) is 35.5 Å². The first-order valence-electron chi connectivity index (χ1n) is 6.48. The molecule has 1 heterocycles. The van der Waals surface area contributed by atoms with Crippen LogP contribution >= 0.6 is 11.6 Å². The second-order valence-corrected chi connectivity index (χ2v) is 4.71.